The number of methoxy groups -OCH3 is 1. The zero-order valence-corrected chi connectivity index (χ0v) is 11.3. The summed E-state index contributed by atoms with van der Waals surface area (Å²) in [6, 6.07) is 7.45. The van der Waals surface area contributed by atoms with Crippen molar-refractivity contribution in [1.29, 1.82) is 0 Å². The molecule has 7 heteroatoms. The lowest BCUT2D eigenvalue weighted by molar-refractivity contribution is -0.385. The van der Waals surface area contributed by atoms with Crippen molar-refractivity contribution in [2.24, 2.45) is 0 Å². The molecule has 0 atom stereocenters. The smallest absolute Gasteiger partial charge is 0.273 e. The largest absolute Gasteiger partial charge is 0.493 e. The Morgan fingerprint density at radius 1 is 1.30 bits per heavy atom. The maximum atomic E-state index is 10.8. The van der Waals surface area contributed by atoms with Crippen molar-refractivity contribution >= 4 is 17.3 Å². The third-order valence-corrected chi connectivity index (χ3v) is 2.75. The molecule has 0 saturated heterocycles. The maximum Gasteiger partial charge on any atom is 0.273 e. The van der Waals surface area contributed by atoms with E-state index in [1.807, 2.05) is 0 Å². The first-order valence-corrected chi connectivity index (χ1v) is 6.03. The lowest BCUT2D eigenvalue weighted by Gasteiger charge is -2.10. The highest BCUT2D eigenvalue weighted by atomic mass is 35.5. The molecule has 0 fully saturated rings. The zero-order chi connectivity index (χ0) is 14.5. The second-order valence-corrected chi connectivity index (χ2v) is 4.28. The molecular formula is C13H11ClN2O4. The van der Waals surface area contributed by atoms with Gasteiger partial charge < -0.3 is 9.47 Å². The lowest BCUT2D eigenvalue weighted by atomic mass is 10.3. The number of hydrogen-bond acceptors (Lipinski definition) is 5. The minimum Gasteiger partial charge on any atom is -0.493 e. The Hall–Kier alpha value is -2.34. The van der Waals surface area contributed by atoms with Gasteiger partial charge in [0.05, 0.1) is 23.8 Å². The summed E-state index contributed by atoms with van der Waals surface area (Å²) in [7, 11) is 1.46. The van der Waals surface area contributed by atoms with E-state index in [0.717, 1.165) is 0 Å². The number of hydrogen-bond donors (Lipinski definition) is 0. The molecule has 0 amide bonds. The molecule has 1 aromatic carbocycles. The van der Waals surface area contributed by atoms with Crippen LogP contribution in [0.25, 0.3) is 0 Å². The summed E-state index contributed by atoms with van der Waals surface area (Å²) < 4.78 is 10.6. The number of nitrogens with zero attached hydrogens (tertiary/aromatic N) is 2. The van der Waals surface area contributed by atoms with Crippen molar-refractivity contribution in [2.75, 3.05) is 7.11 Å². The van der Waals surface area contributed by atoms with Gasteiger partial charge in [-0.05, 0) is 18.2 Å². The number of ether oxygens (including phenoxy) is 2. The molecule has 0 spiro atoms. The van der Waals surface area contributed by atoms with Crippen LogP contribution >= 0.6 is 11.6 Å². The van der Waals surface area contributed by atoms with Gasteiger partial charge in [0.1, 0.15) is 6.61 Å². The Morgan fingerprint density at radius 2 is 2.10 bits per heavy atom. The second-order valence-electron chi connectivity index (χ2n) is 3.85. The number of nitro benzene ring substituents is 1. The van der Waals surface area contributed by atoms with E-state index in [9.17, 15) is 10.1 Å². The fourth-order valence-corrected chi connectivity index (χ4v) is 1.75. The van der Waals surface area contributed by atoms with Crippen LogP contribution in [0.1, 0.15) is 5.69 Å². The standard InChI is InChI=1S/C13H11ClN2O4/c1-19-12-3-2-11(16(17)18)7-13(12)20-8-10-6-9(14)4-5-15-10/h2-7H,8H2,1H3. The van der Waals surface area contributed by atoms with Gasteiger partial charge in [0.15, 0.2) is 11.5 Å². The van der Waals surface area contributed by atoms with Crippen molar-refractivity contribution in [1.82, 2.24) is 4.98 Å². The molecule has 1 heterocycles. The van der Waals surface area contributed by atoms with Gasteiger partial charge in [0, 0.05) is 17.3 Å². The summed E-state index contributed by atoms with van der Waals surface area (Å²) in [5.41, 5.74) is 0.547. The van der Waals surface area contributed by atoms with Crippen LogP contribution in [0, 0.1) is 10.1 Å². The van der Waals surface area contributed by atoms with E-state index in [1.165, 1.54) is 25.3 Å². The van der Waals surface area contributed by atoms with Crippen LogP contribution in [0.3, 0.4) is 0 Å². The van der Waals surface area contributed by atoms with E-state index in [2.05, 4.69) is 4.98 Å². The first-order valence-electron chi connectivity index (χ1n) is 5.66. The topological polar surface area (TPSA) is 74.5 Å². The van der Waals surface area contributed by atoms with Crippen molar-refractivity contribution in [3.05, 3.63) is 57.4 Å². The first kappa shape index (κ1) is 14.1. The van der Waals surface area contributed by atoms with Gasteiger partial charge in [-0.15, -0.1) is 0 Å². The fraction of sp³-hybridized carbons (Fsp3) is 0.154. The third kappa shape index (κ3) is 3.36. The van der Waals surface area contributed by atoms with Crippen molar-refractivity contribution in [2.45, 2.75) is 6.61 Å². The Morgan fingerprint density at radius 3 is 2.75 bits per heavy atom. The van der Waals surface area contributed by atoms with Crippen LogP contribution in [0.2, 0.25) is 5.02 Å². The van der Waals surface area contributed by atoms with Crippen LogP contribution in [0.15, 0.2) is 36.5 Å². The van der Waals surface area contributed by atoms with Crippen LogP contribution < -0.4 is 9.47 Å². The summed E-state index contributed by atoms with van der Waals surface area (Å²) in [6.07, 6.45) is 1.56. The van der Waals surface area contributed by atoms with Gasteiger partial charge in [0.2, 0.25) is 0 Å². The summed E-state index contributed by atoms with van der Waals surface area (Å²) >= 11 is 5.84. The van der Waals surface area contributed by atoms with Gasteiger partial charge >= 0.3 is 0 Å². The summed E-state index contributed by atoms with van der Waals surface area (Å²) in [5, 5.41) is 11.3. The third-order valence-electron chi connectivity index (χ3n) is 2.51. The van der Waals surface area contributed by atoms with E-state index >= 15 is 0 Å². The maximum absolute atomic E-state index is 10.8. The second kappa shape index (κ2) is 6.21. The molecule has 6 nitrogen and oxygen atoms in total. The Kier molecular flexibility index (Phi) is 4.37. The van der Waals surface area contributed by atoms with Gasteiger partial charge in [-0.25, -0.2) is 0 Å². The highest BCUT2D eigenvalue weighted by molar-refractivity contribution is 6.30. The number of nitro groups is 1. The summed E-state index contributed by atoms with van der Waals surface area (Å²) in [6.45, 7) is 0.137. The number of non-ortho nitro benzene ring substituents is 1. The Balaban J connectivity index is 2.19. The van der Waals surface area contributed by atoms with Crippen LogP contribution in [-0.4, -0.2) is 17.0 Å². The molecule has 0 unspecified atom stereocenters. The molecule has 0 saturated carbocycles. The molecule has 2 rings (SSSR count). The molecule has 2 aromatic rings. The van der Waals surface area contributed by atoms with E-state index in [1.54, 1.807) is 18.3 Å². The molecule has 1 aromatic heterocycles. The highest BCUT2D eigenvalue weighted by Gasteiger charge is 2.12. The van der Waals surface area contributed by atoms with E-state index in [-0.39, 0.29) is 18.0 Å². The number of pyridine rings is 1. The average Bonchev–Trinajstić information content (AvgIpc) is 2.44. The highest BCUT2D eigenvalue weighted by Crippen LogP contribution is 2.31. The SMILES string of the molecule is COc1ccc([N+](=O)[O-])cc1OCc1cc(Cl)ccn1. The van der Waals surface area contributed by atoms with Crippen LogP contribution in [0.4, 0.5) is 5.69 Å². The zero-order valence-electron chi connectivity index (χ0n) is 10.6. The molecular weight excluding hydrogens is 284 g/mol. The van der Waals surface area contributed by atoms with Gasteiger partial charge in [0.25, 0.3) is 5.69 Å². The van der Waals surface area contributed by atoms with E-state index in [4.69, 9.17) is 21.1 Å². The normalized spacial score (nSPS) is 10.1. The van der Waals surface area contributed by atoms with E-state index < -0.39 is 4.92 Å². The molecule has 0 bridgehead atoms. The first-order chi connectivity index (χ1) is 9.60. The van der Waals surface area contributed by atoms with Crippen LogP contribution in [0.5, 0.6) is 11.5 Å². The number of aromatic nitrogens is 1. The van der Waals surface area contributed by atoms with Gasteiger partial charge in [-0.1, -0.05) is 11.6 Å². The molecule has 0 N–H and O–H groups in total. The molecule has 0 aliphatic carbocycles. The van der Waals surface area contributed by atoms with Crippen molar-refractivity contribution < 1.29 is 14.4 Å². The summed E-state index contributed by atoms with van der Waals surface area (Å²) in [5.74, 6) is 0.695. The van der Waals surface area contributed by atoms with Crippen molar-refractivity contribution in [3.8, 4) is 11.5 Å². The Bertz CT molecular complexity index is 634. The van der Waals surface area contributed by atoms with Gasteiger partial charge in [-0.3, -0.25) is 15.1 Å². The molecule has 0 aliphatic heterocycles. The minimum absolute atomic E-state index is 0.0696. The van der Waals surface area contributed by atoms with Crippen molar-refractivity contribution in [3.63, 3.8) is 0 Å². The number of benzene rings is 1. The number of halogens is 1. The lowest BCUT2D eigenvalue weighted by Crippen LogP contribution is -2.00. The molecule has 0 radical (unpaired) electrons. The Labute approximate surface area is 120 Å². The predicted molar refractivity (Wildman–Crippen MR) is 73.2 cm³/mol. The summed E-state index contributed by atoms with van der Waals surface area (Å²) in [4.78, 5) is 14.3. The molecule has 20 heavy (non-hydrogen) atoms. The van der Waals surface area contributed by atoms with E-state index in [0.29, 0.717) is 16.5 Å². The fourth-order valence-electron chi connectivity index (χ4n) is 1.57. The minimum atomic E-state index is -0.496. The predicted octanol–water partition coefficient (Wildman–Crippen LogP) is 3.23. The number of rotatable bonds is 5. The molecule has 104 valence electrons. The van der Waals surface area contributed by atoms with Gasteiger partial charge in [-0.2, -0.15) is 0 Å². The monoisotopic (exact) mass is 294 g/mol. The average molecular weight is 295 g/mol. The quantitative estimate of drug-likeness (QED) is 0.625. The molecule has 0 aliphatic rings. The van der Waals surface area contributed by atoms with Crippen LogP contribution in [-0.2, 0) is 6.61 Å².